The predicted octanol–water partition coefficient (Wildman–Crippen LogP) is 10.0. The first kappa shape index (κ1) is 61.7. The van der Waals surface area contributed by atoms with E-state index < -0.39 is 18.6 Å². The summed E-state index contributed by atoms with van der Waals surface area (Å²) in [6.07, 6.45) is -1.40. The Balaban J connectivity index is 0.000000193. The van der Waals surface area contributed by atoms with E-state index in [2.05, 4.69) is 71.3 Å². The van der Waals surface area contributed by atoms with Gasteiger partial charge < -0.3 is 54.2 Å². The van der Waals surface area contributed by atoms with Crippen molar-refractivity contribution in [1.29, 1.82) is 0 Å². The van der Waals surface area contributed by atoms with E-state index in [9.17, 15) is 27.2 Å². The number of carboxylic acids is 1. The maximum absolute atomic E-state index is 13.2. The fraction of sp³-hybridized carbons (Fsp3) is 0.298. The number of likely N-dealkylation sites (N-methyl/N-ethyl adjacent to an activating group) is 1. The summed E-state index contributed by atoms with van der Waals surface area (Å²) in [5.41, 5.74) is 8.28. The summed E-state index contributed by atoms with van der Waals surface area (Å²) in [4.78, 5) is 44.1. The monoisotopic (exact) mass is 1190 g/mol. The summed E-state index contributed by atoms with van der Waals surface area (Å²) in [5, 5.41) is 19.7. The van der Waals surface area contributed by atoms with Crippen LogP contribution < -0.4 is 39.5 Å². The van der Waals surface area contributed by atoms with Crippen LogP contribution in [0.15, 0.2) is 85.5 Å². The fourth-order valence-electron chi connectivity index (χ4n) is 6.45. The standard InChI is InChI=1S/C18H13ClF2N4O3.C12H7ClF2N2O2.C6H8N2O2.C5H6ClN3O2.C5H11NO.CH2Cl2/c1-2-25-13(5-6-23-25)17(26)24-16-4-3-10(9-22-16)11-7-14-15(8-12(11)19)28-18(20,21)27-14;13-8-4-10-9(18-12(14,15)19-10)3-7(8)6-1-2-11(16)17-5-6;1-2-8-5(6(9)10)3-4-7-8;1-10-4-7-3(6)8-5(9-4)11-2;1-6-2-4-7-5-3-6;2-1-3/h3-9H,2H2,1H3,(H,22,24,26);1-5H,(H2,16,17);3-4H,2H2,1H3,(H,9,10);1-2H3;2-5H2,1H3;1H2. The molecule has 0 aliphatic carbocycles. The van der Waals surface area contributed by atoms with Crippen LogP contribution in [0.1, 0.15) is 34.8 Å². The number of halogens is 9. The number of alkyl halides is 6. The van der Waals surface area contributed by atoms with E-state index in [-0.39, 0.29) is 67.3 Å². The van der Waals surface area contributed by atoms with Crippen LogP contribution in [0.2, 0.25) is 15.3 Å². The summed E-state index contributed by atoms with van der Waals surface area (Å²) < 4.78 is 87.3. The third-order valence-corrected chi connectivity index (χ3v) is 10.8. The molecule has 31 heteroatoms. The maximum atomic E-state index is 13.2. The molecule has 22 nitrogen and oxygen atoms in total. The van der Waals surface area contributed by atoms with E-state index in [1.807, 2.05) is 13.8 Å². The molecule has 7 aromatic rings. The number of nitrogen functional groups attached to an aromatic ring is 1. The van der Waals surface area contributed by atoms with Gasteiger partial charge in [-0.15, -0.1) is 45.7 Å². The molecule has 3 aliphatic heterocycles. The van der Waals surface area contributed by atoms with Gasteiger partial charge in [0.2, 0.25) is 5.28 Å². The number of rotatable bonds is 9. The Morgan fingerprint density at radius 3 is 1.54 bits per heavy atom. The highest BCUT2D eigenvalue weighted by Crippen LogP contribution is 2.47. The van der Waals surface area contributed by atoms with Crippen LogP contribution >= 0.6 is 58.0 Å². The largest absolute Gasteiger partial charge is 0.586 e. The number of aromatic carboxylic acids is 1. The van der Waals surface area contributed by atoms with Crippen molar-refractivity contribution < 1.29 is 65.4 Å². The van der Waals surface area contributed by atoms with E-state index in [1.54, 1.807) is 41.2 Å². The van der Waals surface area contributed by atoms with Gasteiger partial charge in [0.15, 0.2) is 23.0 Å². The normalized spacial score (nSPS) is 13.9. The Kier molecular flexibility index (Phi) is 22.9. The first-order valence-electron chi connectivity index (χ1n) is 22.5. The summed E-state index contributed by atoms with van der Waals surface area (Å²) in [5.74, 6) is -1.02. The van der Waals surface area contributed by atoms with E-state index >= 15 is 0 Å². The Bertz CT molecular complexity index is 3070. The molecular weight excluding hydrogens is 1150 g/mol. The Labute approximate surface area is 467 Å². The van der Waals surface area contributed by atoms with Crippen molar-refractivity contribution >= 4 is 81.5 Å². The van der Waals surface area contributed by atoms with E-state index in [0.717, 1.165) is 26.3 Å². The van der Waals surface area contributed by atoms with Gasteiger partial charge in [-0.05, 0) is 81.0 Å². The number of amides is 1. The molecule has 1 fully saturated rings. The third kappa shape index (κ3) is 17.9. The van der Waals surface area contributed by atoms with Crippen LogP contribution in [0.5, 0.6) is 35.0 Å². The molecule has 0 unspecified atom stereocenters. The molecule has 418 valence electrons. The number of anilines is 2. The first-order chi connectivity index (χ1) is 37.1. The molecule has 78 heavy (non-hydrogen) atoms. The number of carboxylic acid groups (broad SMARTS) is 1. The number of methoxy groups -OCH3 is 2. The van der Waals surface area contributed by atoms with Gasteiger partial charge in [0.25, 0.3) is 5.91 Å². The summed E-state index contributed by atoms with van der Waals surface area (Å²) in [7, 11) is 4.98. The number of nitrogens with zero attached hydrogens (tertiary/aromatic N) is 10. The lowest BCUT2D eigenvalue weighted by molar-refractivity contribution is -0.287. The number of nitrogens with two attached hydrogens (primary N) is 1. The highest BCUT2D eigenvalue weighted by molar-refractivity contribution is 6.40. The van der Waals surface area contributed by atoms with Crippen molar-refractivity contribution in [2.45, 2.75) is 39.5 Å². The molecule has 0 saturated carbocycles. The maximum Gasteiger partial charge on any atom is 0.586 e. The number of hydrogen-bond donors (Lipinski definition) is 3. The average molecular weight is 1190 g/mol. The van der Waals surface area contributed by atoms with Crippen molar-refractivity contribution in [3.63, 3.8) is 0 Å². The number of aromatic nitrogens is 9. The van der Waals surface area contributed by atoms with Gasteiger partial charge >= 0.3 is 30.6 Å². The molecule has 0 bridgehead atoms. The van der Waals surface area contributed by atoms with Crippen molar-refractivity contribution in [2.24, 2.45) is 0 Å². The van der Waals surface area contributed by atoms with Gasteiger partial charge in [0, 0.05) is 85.4 Å². The molecule has 0 atom stereocenters. The van der Waals surface area contributed by atoms with Crippen LogP contribution in [0.25, 0.3) is 22.3 Å². The second-order valence-corrected chi connectivity index (χ2v) is 17.2. The summed E-state index contributed by atoms with van der Waals surface area (Å²) in [6, 6.07) is 15.1. The van der Waals surface area contributed by atoms with Crippen LogP contribution in [0.3, 0.4) is 0 Å². The number of aryl methyl sites for hydroxylation is 2. The SMILES string of the molecule is CCn1nccc1C(=O)Nc1ccc(-c2cc3c(cc2Cl)OC(F)(F)O3)cn1.CCn1nccc1C(=O)O.CN1CCOCC1.COc1nc(Cl)nc(OC)n1.ClCCl.Nc1ccc(-c2cc3c(cc2Cl)OC(F)(F)O3)cn1. The van der Waals surface area contributed by atoms with Gasteiger partial charge in [-0.25, -0.2) is 14.8 Å². The number of ether oxygens (including phenoxy) is 7. The van der Waals surface area contributed by atoms with Crippen LogP contribution in [-0.2, 0) is 17.8 Å². The zero-order valence-electron chi connectivity index (χ0n) is 41.6. The lowest BCUT2D eigenvalue weighted by Crippen LogP contribution is -2.32. The zero-order valence-corrected chi connectivity index (χ0v) is 45.4. The van der Waals surface area contributed by atoms with E-state index in [4.69, 9.17) is 83.1 Å². The number of hydrogen-bond acceptors (Lipinski definition) is 18. The van der Waals surface area contributed by atoms with E-state index in [0.29, 0.717) is 52.7 Å². The molecule has 5 aromatic heterocycles. The minimum absolute atomic E-state index is 0.0497. The molecule has 3 aliphatic rings. The number of fused-ring (bicyclic) bond motifs is 2. The highest BCUT2D eigenvalue weighted by atomic mass is 35.5. The second kappa shape index (κ2) is 29.0. The molecule has 0 radical (unpaired) electrons. The smallest absolute Gasteiger partial charge is 0.477 e. The Morgan fingerprint density at radius 2 is 1.15 bits per heavy atom. The Morgan fingerprint density at radius 1 is 0.705 bits per heavy atom. The van der Waals surface area contributed by atoms with Crippen molar-refractivity contribution in [3.05, 3.63) is 112 Å². The lowest BCUT2D eigenvalue weighted by Gasteiger charge is -2.21. The fourth-order valence-corrected chi connectivity index (χ4v) is 7.12. The van der Waals surface area contributed by atoms with Crippen molar-refractivity contribution in [3.8, 4) is 57.3 Å². The van der Waals surface area contributed by atoms with Crippen LogP contribution in [-0.4, -0.2) is 132 Å². The van der Waals surface area contributed by atoms with Gasteiger partial charge in [-0.1, -0.05) is 23.2 Å². The second-order valence-electron chi connectivity index (χ2n) is 15.2. The number of carbonyl (C=O) groups is 2. The molecule has 0 spiro atoms. The van der Waals surface area contributed by atoms with Gasteiger partial charge in [0.05, 0.1) is 42.8 Å². The predicted molar refractivity (Wildman–Crippen MR) is 280 cm³/mol. The molecule has 8 heterocycles. The zero-order chi connectivity index (χ0) is 57.2. The quantitative estimate of drug-likeness (QED) is 0.0896. The number of carbonyl (C=O) groups excluding carboxylic acids is 1. The summed E-state index contributed by atoms with van der Waals surface area (Å²) in [6.45, 7) is 8.90. The topological polar surface area (TPSA) is 260 Å². The molecule has 2 aromatic carbocycles. The third-order valence-electron chi connectivity index (χ3n) is 10.0. The summed E-state index contributed by atoms with van der Waals surface area (Å²) >= 11 is 27.2. The number of nitrogens with one attached hydrogen (secondary N) is 1. The minimum atomic E-state index is -3.72. The van der Waals surface area contributed by atoms with Gasteiger partial charge in [0.1, 0.15) is 23.0 Å². The van der Waals surface area contributed by atoms with Crippen molar-refractivity contribution in [2.75, 3.05) is 64.0 Å². The van der Waals surface area contributed by atoms with Gasteiger partial charge in [-0.3, -0.25) is 14.2 Å². The average Bonchev–Trinajstić information content (AvgIpc) is 4.22. The first-order valence-corrected chi connectivity index (χ1v) is 24.7. The van der Waals surface area contributed by atoms with Crippen molar-refractivity contribution in [1.82, 2.24) is 49.4 Å². The minimum Gasteiger partial charge on any atom is -0.477 e. The number of morpholine rings is 1. The molecular formula is C47H47Cl5F4N12O10. The van der Waals surface area contributed by atoms with E-state index in [1.165, 1.54) is 67.8 Å². The molecule has 1 amide bonds. The molecule has 1 saturated heterocycles. The lowest BCUT2D eigenvalue weighted by atomic mass is 10.1. The van der Waals surface area contributed by atoms with Crippen LogP contribution in [0.4, 0.5) is 29.2 Å². The number of pyridine rings is 2. The Hall–Kier alpha value is -7.20. The number of benzene rings is 2. The van der Waals surface area contributed by atoms with Crippen LogP contribution in [0, 0.1) is 0 Å². The highest BCUT2D eigenvalue weighted by Gasteiger charge is 2.45. The molecule has 4 N–H and O–H groups in total. The molecule has 10 rings (SSSR count). The van der Waals surface area contributed by atoms with Gasteiger partial charge in [-0.2, -0.15) is 20.2 Å².